The van der Waals surface area contributed by atoms with Crippen LogP contribution in [0.2, 0.25) is 0 Å². The van der Waals surface area contributed by atoms with E-state index in [4.69, 9.17) is 5.11 Å². The zero-order chi connectivity index (χ0) is 10.9. The van der Waals surface area contributed by atoms with Gasteiger partial charge in [-0.15, -0.1) is 0 Å². The van der Waals surface area contributed by atoms with Gasteiger partial charge in [-0.1, -0.05) is 20.8 Å². The first-order valence-electron chi connectivity index (χ1n) is 4.35. The maximum absolute atomic E-state index is 11.8. The molecule has 0 aliphatic carbocycles. The predicted molar refractivity (Wildman–Crippen MR) is 51.0 cm³/mol. The van der Waals surface area contributed by atoms with Crippen molar-refractivity contribution in [2.45, 2.75) is 33.7 Å². The van der Waals surface area contributed by atoms with Gasteiger partial charge < -0.3 is 15.0 Å². The van der Waals surface area contributed by atoms with Crippen molar-refractivity contribution in [3.05, 3.63) is 5.21 Å². The number of carboxylic acids is 1. The topological polar surface area (TPSA) is 60.4 Å². The van der Waals surface area contributed by atoms with Gasteiger partial charge in [-0.25, -0.2) is 4.79 Å². The summed E-state index contributed by atoms with van der Waals surface area (Å²) in [6.07, 6.45) is 0. The summed E-state index contributed by atoms with van der Waals surface area (Å²) in [5.41, 5.74) is -0.153. The fourth-order valence-corrected chi connectivity index (χ4v) is 1.31. The summed E-state index contributed by atoms with van der Waals surface area (Å²) < 4.78 is -0.723. The summed E-state index contributed by atoms with van der Waals surface area (Å²) in [5.74, 6) is -1.04. The molecule has 0 aromatic carbocycles. The number of likely N-dealkylation sites (N-methyl/N-ethyl adjacent to an activating group) is 1. The molecule has 0 saturated heterocycles. The van der Waals surface area contributed by atoms with Crippen LogP contribution in [0.25, 0.3) is 0 Å². The smallest absolute Gasteiger partial charge is 0.362 e. The Kier molecular flexibility index (Phi) is 3.47. The lowest BCUT2D eigenvalue weighted by Crippen LogP contribution is -2.53. The van der Waals surface area contributed by atoms with Crippen molar-refractivity contribution in [2.75, 3.05) is 13.6 Å². The third-order valence-electron chi connectivity index (χ3n) is 1.96. The lowest BCUT2D eigenvalue weighted by Gasteiger charge is -2.45. The molecule has 0 radical (unpaired) electrons. The van der Waals surface area contributed by atoms with Crippen molar-refractivity contribution < 1.29 is 14.5 Å². The molecule has 2 unspecified atom stereocenters. The van der Waals surface area contributed by atoms with Crippen LogP contribution in [0.5, 0.6) is 0 Å². The lowest BCUT2D eigenvalue weighted by molar-refractivity contribution is -0.881. The van der Waals surface area contributed by atoms with E-state index in [0.717, 1.165) is 0 Å². The Bertz CT molecular complexity index is 194. The maximum atomic E-state index is 11.8. The Morgan fingerprint density at radius 3 is 2.15 bits per heavy atom. The number of carboxylic acid groups (broad SMARTS) is 1. The molecule has 1 N–H and O–H groups in total. The minimum absolute atomic E-state index is 0.153. The number of quaternary nitrogens is 1. The SMILES string of the molecule is CC(C(=O)O)[N+](C)([O-])CC(C)(C)C. The molecule has 0 bridgehead atoms. The van der Waals surface area contributed by atoms with Gasteiger partial charge in [0.15, 0.2) is 6.04 Å². The number of hydroxylamine groups is 3. The van der Waals surface area contributed by atoms with Gasteiger partial charge in [-0.05, 0) is 6.92 Å². The second-order valence-electron chi connectivity index (χ2n) is 4.91. The first-order valence-corrected chi connectivity index (χ1v) is 4.35. The van der Waals surface area contributed by atoms with Crippen molar-refractivity contribution in [3.63, 3.8) is 0 Å². The van der Waals surface area contributed by atoms with E-state index >= 15 is 0 Å². The molecule has 13 heavy (non-hydrogen) atoms. The number of aliphatic carboxylic acids is 1. The van der Waals surface area contributed by atoms with Crippen LogP contribution in [0.1, 0.15) is 27.7 Å². The van der Waals surface area contributed by atoms with Gasteiger partial charge in [-0.2, -0.15) is 0 Å². The fraction of sp³-hybridized carbons (Fsp3) is 0.889. The summed E-state index contributed by atoms with van der Waals surface area (Å²) in [4.78, 5) is 10.6. The molecule has 0 aromatic rings. The van der Waals surface area contributed by atoms with Gasteiger partial charge in [0.05, 0.1) is 13.6 Å². The van der Waals surface area contributed by atoms with Gasteiger partial charge in [0.1, 0.15) is 0 Å². The van der Waals surface area contributed by atoms with E-state index in [0.29, 0.717) is 6.54 Å². The molecule has 0 rings (SSSR count). The molecule has 2 atom stereocenters. The zero-order valence-corrected chi connectivity index (χ0v) is 9.00. The van der Waals surface area contributed by atoms with Crippen LogP contribution in [0.3, 0.4) is 0 Å². The lowest BCUT2D eigenvalue weighted by atomic mass is 9.95. The fourth-order valence-electron chi connectivity index (χ4n) is 1.31. The van der Waals surface area contributed by atoms with Crippen molar-refractivity contribution in [1.29, 1.82) is 0 Å². The van der Waals surface area contributed by atoms with E-state index in [1.165, 1.54) is 14.0 Å². The second kappa shape index (κ2) is 3.64. The van der Waals surface area contributed by atoms with Crippen LogP contribution in [0.15, 0.2) is 0 Å². The average molecular weight is 189 g/mol. The van der Waals surface area contributed by atoms with Crippen LogP contribution in [0.4, 0.5) is 0 Å². The van der Waals surface area contributed by atoms with Crippen molar-refractivity contribution in [1.82, 2.24) is 0 Å². The van der Waals surface area contributed by atoms with E-state index < -0.39 is 16.7 Å². The molecule has 0 saturated carbocycles. The highest BCUT2D eigenvalue weighted by Gasteiger charge is 2.31. The molecule has 0 fully saturated rings. The molecule has 0 amide bonds. The van der Waals surface area contributed by atoms with Crippen molar-refractivity contribution >= 4 is 5.97 Å². The van der Waals surface area contributed by atoms with E-state index in [9.17, 15) is 10.0 Å². The van der Waals surface area contributed by atoms with Crippen LogP contribution < -0.4 is 0 Å². The molecule has 0 spiro atoms. The minimum atomic E-state index is -1.04. The Labute approximate surface area is 79.3 Å². The number of hydrogen-bond acceptors (Lipinski definition) is 2. The predicted octanol–water partition coefficient (Wildman–Crippen LogP) is 1.45. The monoisotopic (exact) mass is 189 g/mol. The average Bonchev–Trinajstić information content (AvgIpc) is 1.80. The quantitative estimate of drug-likeness (QED) is 0.540. The van der Waals surface area contributed by atoms with Gasteiger partial charge in [0.25, 0.3) is 0 Å². The Morgan fingerprint density at radius 2 is 1.92 bits per heavy atom. The molecule has 0 aliphatic heterocycles. The van der Waals surface area contributed by atoms with Crippen molar-refractivity contribution in [3.8, 4) is 0 Å². The Balaban J connectivity index is 4.48. The minimum Gasteiger partial charge on any atom is -0.632 e. The summed E-state index contributed by atoms with van der Waals surface area (Å²) in [6.45, 7) is 7.53. The summed E-state index contributed by atoms with van der Waals surface area (Å²) in [5, 5.41) is 20.5. The van der Waals surface area contributed by atoms with Crippen molar-refractivity contribution in [2.24, 2.45) is 5.41 Å². The first-order chi connectivity index (χ1) is 5.56. The molecule has 78 valence electrons. The summed E-state index contributed by atoms with van der Waals surface area (Å²) >= 11 is 0. The van der Waals surface area contributed by atoms with Crippen LogP contribution >= 0.6 is 0 Å². The number of rotatable bonds is 3. The Morgan fingerprint density at radius 1 is 1.54 bits per heavy atom. The highest BCUT2D eigenvalue weighted by atomic mass is 16.5. The number of carbonyl (C=O) groups is 1. The molecule has 0 aliphatic rings. The molecular weight excluding hydrogens is 170 g/mol. The standard InChI is InChI=1S/C9H19NO3/c1-7(8(11)12)10(5,13)6-9(2,3)4/h7H,6H2,1-5H3,(H,11,12). The van der Waals surface area contributed by atoms with Crippen LogP contribution in [-0.4, -0.2) is 35.4 Å². The van der Waals surface area contributed by atoms with Gasteiger partial charge in [0, 0.05) is 5.41 Å². The maximum Gasteiger partial charge on any atom is 0.362 e. The second-order valence-corrected chi connectivity index (χ2v) is 4.91. The number of nitrogens with zero attached hydrogens (tertiary/aromatic N) is 1. The van der Waals surface area contributed by atoms with Crippen LogP contribution in [0, 0.1) is 10.6 Å². The molecule has 4 heteroatoms. The highest BCUT2D eigenvalue weighted by molar-refractivity contribution is 5.71. The highest BCUT2D eigenvalue weighted by Crippen LogP contribution is 2.21. The summed E-state index contributed by atoms with van der Waals surface area (Å²) in [7, 11) is 1.41. The third kappa shape index (κ3) is 4.24. The van der Waals surface area contributed by atoms with E-state index in [-0.39, 0.29) is 5.41 Å². The van der Waals surface area contributed by atoms with Gasteiger partial charge >= 0.3 is 5.97 Å². The Hall–Kier alpha value is -0.610. The largest absolute Gasteiger partial charge is 0.632 e. The van der Waals surface area contributed by atoms with E-state index in [1.807, 2.05) is 20.8 Å². The van der Waals surface area contributed by atoms with Crippen LogP contribution in [-0.2, 0) is 4.79 Å². The molecule has 4 nitrogen and oxygen atoms in total. The van der Waals surface area contributed by atoms with E-state index in [1.54, 1.807) is 0 Å². The van der Waals surface area contributed by atoms with E-state index in [2.05, 4.69) is 0 Å². The van der Waals surface area contributed by atoms with Gasteiger partial charge in [0.2, 0.25) is 0 Å². The third-order valence-corrected chi connectivity index (χ3v) is 1.96. The number of hydrogen-bond donors (Lipinski definition) is 1. The van der Waals surface area contributed by atoms with Gasteiger partial charge in [-0.3, -0.25) is 0 Å². The zero-order valence-electron chi connectivity index (χ0n) is 9.00. The molecular formula is C9H19NO3. The first kappa shape index (κ1) is 12.4. The molecule has 0 heterocycles. The summed E-state index contributed by atoms with van der Waals surface area (Å²) in [6, 6.07) is -0.903. The normalized spacial score (nSPS) is 19.2. The molecule has 0 aromatic heterocycles.